The third-order valence-electron chi connectivity index (χ3n) is 8.04. The van der Waals surface area contributed by atoms with E-state index < -0.39 is 54.0 Å². The summed E-state index contributed by atoms with van der Waals surface area (Å²) in [4.78, 5) is 78.5. The van der Waals surface area contributed by atoms with Crippen LogP contribution in [0.4, 0.5) is 0 Å². The Hall–Kier alpha value is -5.03. The van der Waals surface area contributed by atoms with Gasteiger partial charge in [0.15, 0.2) is 5.96 Å². The lowest BCUT2D eigenvalue weighted by molar-refractivity contribution is -0.134. The third kappa shape index (κ3) is 14.2. The van der Waals surface area contributed by atoms with Crippen LogP contribution < -0.4 is 43.4 Å². The number of carbonyl (C=O) groups is 5. The number of H-pyrrole nitrogens is 1. The number of benzene rings is 1. The van der Waals surface area contributed by atoms with E-state index in [9.17, 15) is 29.1 Å². The summed E-state index contributed by atoms with van der Waals surface area (Å²) in [6.07, 6.45) is 5.03. The van der Waals surface area contributed by atoms with Gasteiger partial charge in [0.1, 0.15) is 30.4 Å². The molecule has 1 aliphatic rings. The molecule has 1 aromatic heterocycles. The molecule has 50 heavy (non-hydrogen) atoms. The molecule has 5 atom stereocenters. The van der Waals surface area contributed by atoms with E-state index in [1.54, 1.807) is 24.3 Å². The Balaban J connectivity index is 1.94. The molecule has 0 saturated carbocycles. The third-order valence-corrected chi connectivity index (χ3v) is 8.04. The highest BCUT2D eigenvalue weighted by molar-refractivity contribution is 5.95. The predicted molar refractivity (Wildman–Crippen MR) is 186 cm³/mol. The number of nitrogens with two attached hydrogens (primary N) is 2. The number of aliphatic hydroxyl groups is 1. The molecule has 17 nitrogen and oxygen atoms in total. The van der Waals surface area contributed by atoms with Gasteiger partial charge >= 0.3 is 0 Å². The SMILES string of the molecule is CCCCCC(=O)N[C@H]1CNC(O)CCNC(=O)[C@H](CCCN=C(N)N)NC(=O)[C@@H](Cc2ccccc2)NC(=O)[C@H](Cc2cnc[nH]2)NC1=O. The Labute approximate surface area is 291 Å². The smallest absolute Gasteiger partial charge is 0.244 e. The van der Waals surface area contributed by atoms with Gasteiger partial charge in [-0.05, 0) is 24.8 Å². The first-order valence-electron chi connectivity index (χ1n) is 17.0. The summed E-state index contributed by atoms with van der Waals surface area (Å²) in [5, 5.41) is 27.2. The van der Waals surface area contributed by atoms with Gasteiger partial charge < -0.3 is 48.1 Å². The van der Waals surface area contributed by atoms with E-state index in [1.807, 2.05) is 13.0 Å². The second kappa shape index (κ2) is 21.1. The molecule has 1 aromatic carbocycles. The maximum absolute atomic E-state index is 14.0. The minimum absolute atomic E-state index is 0.0136. The van der Waals surface area contributed by atoms with Crippen LogP contribution in [-0.2, 0) is 36.8 Å². The highest BCUT2D eigenvalue weighted by atomic mass is 16.3. The molecular weight excluding hydrogens is 646 g/mol. The highest BCUT2D eigenvalue weighted by Gasteiger charge is 2.32. The van der Waals surface area contributed by atoms with Gasteiger partial charge in [-0.15, -0.1) is 0 Å². The summed E-state index contributed by atoms with van der Waals surface area (Å²) in [5.41, 5.74) is 12.1. The maximum atomic E-state index is 14.0. The summed E-state index contributed by atoms with van der Waals surface area (Å²) < 4.78 is 0. The van der Waals surface area contributed by atoms with E-state index in [0.717, 1.165) is 18.4 Å². The van der Waals surface area contributed by atoms with Crippen molar-refractivity contribution in [3.63, 3.8) is 0 Å². The van der Waals surface area contributed by atoms with Crippen LogP contribution in [0.5, 0.6) is 0 Å². The Kier molecular flexibility index (Phi) is 16.7. The van der Waals surface area contributed by atoms with Crippen molar-refractivity contribution >= 4 is 35.5 Å². The number of guanidine groups is 1. The number of unbranched alkanes of at least 4 members (excludes halogenated alkanes) is 2. The Morgan fingerprint density at radius 2 is 1.64 bits per heavy atom. The molecule has 0 radical (unpaired) electrons. The molecule has 1 unspecified atom stereocenters. The number of imidazole rings is 1. The summed E-state index contributed by atoms with van der Waals surface area (Å²) in [7, 11) is 0. The van der Waals surface area contributed by atoms with Crippen LogP contribution in [0.25, 0.3) is 0 Å². The van der Waals surface area contributed by atoms with Crippen molar-refractivity contribution in [3.05, 3.63) is 54.1 Å². The van der Waals surface area contributed by atoms with Crippen LogP contribution in [0.2, 0.25) is 0 Å². The van der Waals surface area contributed by atoms with Gasteiger partial charge in [0.05, 0.1) is 6.33 Å². The summed E-state index contributed by atoms with van der Waals surface area (Å²) in [6, 6.07) is 4.51. The fourth-order valence-corrected chi connectivity index (χ4v) is 5.30. The molecule has 2 heterocycles. The number of aliphatic hydroxyl groups excluding tert-OH is 1. The molecular formula is C33H51N11O6. The van der Waals surface area contributed by atoms with E-state index in [2.05, 4.69) is 46.9 Å². The zero-order chi connectivity index (χ0) is 36.3. The second-order valence-electron chi connectivity index (χ2n) is 12.2. The maximum Gasteiger partial charge on any atom is 0.244 e. The number of aromatic nitrogens is 2. The molecule has 2 aromatic rings. The van der Waals surface area contributed by atoms with Crippen molar-refractivity contribution < 1.29 is 29.1 Å². The molecule has 3 rings (SSSR count). The average Bonchev–Trinajstić information content (AvgIpc) is 3.60. The molecule has 1 saturated heterocycles. The van der Waals surface area contributed by atoms with Crippen LogP contribution in [0, 0.1) is 0 Å². The van der Waals surface area contributed by atoms with Crippen molar-refractivity contribution in [2.75, 3.05) is 19.6 Å². The number of rotatable bonds is 13. The second-order valence-corrected chi connectivity index (χ2v) is 12.2. The quantitative estimate of drug-likeness (QED) is 0.0637. The minimum atomic E-state index is -1.20. The van der Waals surface area contributed by atoms with Crippen molar-refractivity contribution in [2.24, 2.45) is 16.5 Å². The first kappa shape index (κ1) is 39.4. The summed E-state index contributed by atoms with van der Waals surface area (Å²) >= 11 is 0. The van der Waals surface area contributed by atoms with Crippen LogP contribution in [0.1, 0.15) is 63.1 Å². The zero-order valence-electron chi connectivity index (χ0n) is 28.5. The fraction of sp³-hybridized carbons (Fsp3) is 0.545. The van der Waals surface area contributed by atoms with Crippen LogP contribution in [0.15, 0.2) is 47.8 Å². The number of nitrogens with one attached hydrogen (secondary N) is 7. The molecule has 12 N–H and O–H groups in total. The normalized spacial score (nSPS) is 22.6. The van der Waals surface area contributed by atoms with Gasteiger partial charge in [-0.1, -0.05) is 50.1 Å². The van der Waals surface area contributed by atoms with Crippen LogP contribution in [-0.4, -0.2) is 101 Å². The lowest BCUT2D eigenvalue weighted by Gasteiger charge is -2.26. The van der Waals surface area contributed by atoms with Crippen molar-refractivity contribution in [2.45, 2.75) is 95.1 Å². The number of aliphatic imine (C=N–C) groups is 1. The Morgan fingerprint density at radius 1 is 0.940 bits per heavy atom. The molecule has 274 valence electrons. The Morgan fingerprint density at radius 3 is 2.32 bits per heavy atom. The van der Waals surface area contributed by atoms with E-state index in [-0.39, 0.29) is 63.6 Å². The monoisotopic (exact) mass is 697 g/mol. The van der Waals surface area contributed by atoms with Gasteiger partial charge in [-0.3, -0.25) is 34.3 Å². The van der Waals surface area contributed by atoms with Gasteiger partial charge in [0.25, 0.3) is 0 Å². The van der Waals surface area contributed by atoms with Gasteiger partial charge in [0.2, 0.25) is 29.5 Å². The number of hydrogen-bond donors (Lipinski definition) is 10. The van der Waals surface area contributed by atoms with Crippen LogP contribution >= 0.6 is 0 Å². The lowest BCUT2D eigenvalue weighted by atomic mass is 10.0. The minimum Gasteiger partial charge on any atom is -0.379 e. The standard InChI is InChI=1S/C33H51N11O6/c1-2-3-5-12-28(46)41-26-19-39-27(45)13-15-37-29(47)23(11-8-14-38-33(34)35)42-30(48)24(16-21-9-6-4-7-10-21)43-31(49)25(44-32(26)50)17-22-18-36-20-40-22/h4,6-7,9-10,18,20,23-27,39,45H,2-3,5,8,11-17,19H2,1H3,(H,36,40)(H,37,47)(H,41,46)(H,42,48)(H,43,49)(H,44,50)(H4,34,35,38)/t23-,24+,25-,26-,27?/m0/s1. The van der Waals surface area contributed by atoms with Gasteiger partial charge in [0, 0.05) is 57.2 Å². The summed E-state index contributed by atoms with van der Waals surface area (Å²) in [6.45, 7) is 2.10. The predicted octanol–water partition coefficient (Wildman–Crippen LogP) is -1.80. The van der Waals surface area contributed by atoms with E-state index in [4.69, 9.17) is 11.5 Å². The van der Waals surface area contributed by atoms with Gasteiger partial charge in [-0.2, -0.15) is 0 Å². The molecule has 17 heteroatoms. The molecule has 1 fully saturated rings. The van der Waals surface area contributed by atoms with E-state index >= 15 is 0 Å². The number of carbonyl (C=O) groups excluding carboxylic acids is 5. The average molecular weight is 698 g/mol. The zero-order valence-corrected chi connectivity index (χ0v) is 28.5. The van der Waals surface area contributed by atoms with E-state index in [0.29, 0.717) is 18.5 Å². The molecule has 1 aliphatic heterocycles. The molecule has 0 bridgehead atoms. The fourth-order valence-electron chi connectivity index (χ4n) is 5.30. The summed E-state index contributed by atoms with van der Waals surface area (Å²) in [5.74, 6) is -2.93. The van der Waals surface area contributed by atoms with Crippen molar-refractivity contribution in [1.29, 1.82) is 0 Å². The number of hydrogen-bond acceptors (Lipinski definition) is 9. The topological polar surface area (TPSA) is 271 Å². The number of aromatic amines is 1. The van der Waals surface area contributed by atoms with Gasteiger partial charge in [-0.25, -0.2) is 4.98 Å². The first-order chi connectivity index (χ1) is 24.0. The van der Waals surface area contributed by atoms with E-state index in [1.165, 1.54) is 12.5 Å². The number of nitrogens with zero attached hydrogens (tertiary/aromatic N) is 2. The van der Waals surface area contributed by atoms with Crippen molar-refractivity contribution in [3.8, 4) is 0 Å². The first-order valence-corrected chi connectivity index (χ1v) is 17.0. The lowest BCUT2D eigenvalue weighted by Crippen LogP contribution is -2.60. The highest BCUT2D eigenvalue weighted by Crippen LogP contribution is 2.09. The molecule has 5 amide bonds. The Bertz CT molecular complexity index is 1400. The molecule has 0 aliphatic carbocycles. The van der Waals surface area contributed by atoms with Crippen molar-refractivity contribution in [1.82, 2.24) is 41.9 Å². The van der Waals surface area contributed by atoms with Crippen LogP contribution in [0.3, 0.4) is 0 Å². The molecule has 0 spiro atoms. The largest absolute Gasteiger partial charge is 0.379 e. The number of amides is 5.